The van der Waals surface area contributed by atoms with Crippen molar-refractivity contribution < 1.29 is 23.9 Å². The van der Waals surface area contributed by atoms with Crippen LogP contribution in [0, 0.1) is 0 Å². The summed E-state index contributed by atoms with van der Waals surface area (Å²) in [6.07, 6.45) is 0.788. The van der Waals surface area contributed by atoms with Crippen molar-refractivity contribution in [2.24, 2.45) is 0 Å². The van der Waals surface area contributed by atoms with Crippen molar-refractivity contribution in [3.05, 3.63) is 33.3 Å². The second-order valence-electron chi connectivity index (χ2n) is 6.33. The Bertz CT molecular complexity index is 781. The summed E-state index contributed by atoms with van der Waals surface area (Å²) < 4.78 is 5.11. The Kier molecular flexibility index (Phi) is 4.94. The molecule has 1 N–H and O–H groups in total. The van der Waals surface area contributed by atoms with Crippen LogP contribution in [0.2, 0.25) is 10.0 Å². The lowest BCUT2D eigenvalue weighted by molar-refractivity contribution is -0.158. The summed E-state index contributed by atoms with van der Waals surface area (Å²) in [6.45, 7) is 2.79. The first-order valence-electron chi connectivity index (χ1n) is 8.08. The van der Waals surface area contributed by atoms with Crippen LogP contribution < -0.4 is 5.32 Å². The molecule has 9 heteroatoms. The van der Waals surface area contributed by atoms with Gasteiger partial charge in [-0.25, -0.2) is 4.79 Å². The Balaban J connectivity index is 1.72. The molecule has 3 rings (SSSR count). The van der Waals surface area contributed by atoms with E-state index < -0.39 is 35.8 Å². The molecule has 0 bridgehead atoms. The van der Waals surface area contributed by atoms with Crippen molar-refractivity contribution in [2.45, 2.75) is 44.9 Å². The van der Waals surface area contributed by atoms with Crippen molar-refractivity contribution in [1.82, 2.24) is 10.2 Å². The number of carbonyl (C=O) groups excluding carboxylic acids is 4. The molecule has 1 aliphatic heterocycles. The summed E-state index contributed by atoms with van der Waals surface area (Å²) in [4.78, 5) is 50.0. The average molecular weight is 399 g/mol. The van der Waals surface area contributed by atoms with Crippen LogP contribution in [0.15, 0.2) is 12.1 Å². The zero-order chi connectivity index (χ0) is 19.2. The minimum atomic E-state index is -1.20. The van der Waals surface area contributed by atoms with E-state index in [1.807, 2.05) is 0 Å². The summed E-state index contributed by atoms with van der Waals surface area (Å²) in [5.41, 5.74) is 0.146. The van der Waals surface area contributed by atoms with Crippen LogP contribution in [0.5, 0.6) is 0 Å². The monoisotopic (exact) mass is 398 g/mol. The smallest absolute Gasteiger partial charge is 0.329 e. The van der Waals surface area contributed by atoms with E-state index in [-0.39, 0.29) is 27.2 Å². The number of carbonyl (C=O) groups is 4. The number of esters is 1. The van der Waals surface area contributed by atoms with E-state index in [9.17, 15) is 19.2 Å². The van der Waals surface area contributed by atoms with Gasteiger partial charge in [-0.05, 0) is 38.8 Å². The van der Waals surface area contributed by atoms with E-state index >= 15 is 0 Å². The first-order chi connectivity index (χ1) is 12.2. The van der Waals surface area contributed by atoms with E-state index in [0.717, 1.165) is 17.7 Å². The van der Waals surface area contributed by atoms with E-state index in [1.54, 1.807) is 0 Å². The fourth-order valence-corrected chi connectivity index (χ4v) is 2.91. The van der Waals surface area contributed by atoms with E-state index in [1.165, 1.54) is 26.0 Å². The lowest BCUT2D eigenvalue weighted by Crippen LogP contribution is -2.46. The fraction of sp³-hybridized carbons (Fsp3) is 0.412. The maximum Gasteiger partial charge on any atom is 0.329 e. The molecule has 0 saturated heterocycles. The summed E-state index contributed by atoms with van der Waals surface area (Å²) in [7, 11) is 0. The highest BCUT2D eigenvalue weighted by Crippen LogP contribution is 2.32. The Labute approximate surface area is 159 Å². The molecule has 1 saturated carbocycles. The Morgan fingerprint density at radius 2 is 1.62 bits per heavy atom. The second-order valence-corrected chi connectivity index (χ2v) is 7.14. The molecular formula is C17H16Cl2N2O5. The maximum absolute atomic E-state index is 12.5. The number of imide groups is 1. The average Bonchev–Trinajstić information content (AvgIpc) is 3.36. The molecule has 0 unspecified atom stereocenters. The van der Waals surface area contributed by atoms with Crippen molar-refractivity contribution in [3.63, 3.8) is 0 Å². The molecule has 0 aromatic heterocycles. The number of nitrogens with zero attached hydrogens (tertiary/aromatic N) is 1. The highest BCUT2D eigenvalue weighted by molar-refractivity contribution is 6.43. The van der Waals surface area contributed by atoms with Gasteiger partial charge in [-0.1, -0.05) is 23.2 Å². The predicted molar refractivity (Wildman–Crippen MR) is 93.1 cm³/mol. The van der Waals surface area contributed by atoms with Gasteiger partial charge in [-0.3, -0.25) is 19.3 Å². The first-order valence-corrected chi connectivity index (χ1v) is 8.84. The quantitative estimate of drug-likeness (QED) is 0.605. The normalized spacial score (nSPS) is 18.4. The Hall–Kier alpha value is -2.12. The van der Waals surface area contributed by atoms with Crippen molar-refractivity contribution in [1.29, 1.82) is 0 Å². The summed E-state index contributed by atoms with van der Waals surface area (Å²) >= 11 is 11.8. The van der Waals surface area contributed by atoms with Gasteiger partial charge in [0.1, 0.15) is 6.04 Å². The van der Waals surface area contributed by atoms with E-state index in [0.29, 0.717) is 0 Å². The summed E-state index contributed by atoms with van der Waals surface area (Å²) in [6, 6.07) is 1.52. The number of halogens is 2. The molecule has 0 spiro atoms. The van der Waals surface area contributed by atoms with Gasteiger partial charge in [0.05, 0.1) is 21.2 Å². The summed E-state index contributed by atoms with van der Waals surface area (Å²) in [5.74, 6) is -2.59. The molecule has 7 nitrogen and oxygen atoms in total. The van der Waals surface area contributed by atoms with E-state index in [2.05, 4.69) is 5.32 Å². The van der Waals surface area contributed by atoms with Crippen LogP contribution in [0.25, 0.3) is 0 Å². The van der Waals surface area contributed by atoms with Crippen LogP contribution in [-0.2, 0) is 14.3 Å². The standard InChI is InChI=1S/C17H16Cl2N2O5/c1-7(17(25)26-8(2)14(22)20-9-3-4-9)21-15(23)10-5-12(18)13(19)6-11(10)16(21)24/h5-9H,3-4H2,1-2H3,(H,20,22)/t7-,8-/m0/s1. The number of benzene rings is 1. The highest BCUT2D eigenvalue weighted by atomic mass is 35.5. The molecule has 0 radical (unpaired) electrons. The van der Waals surface area contributed by atoms with Crippen LogP contribution in [0.4, 0.5) is 0 Å². The minimum absolute atomic E-state index is 0.0728. The van der Waals surface area contributed by atoms with Crippen LogP contribution >= 0.6 is 23.2 Å². The van der Waals surface area contributed by atoms with Gasteiger partial charge >= 0.3 is 5.97 Å². The topological polar surface area (TPSA) is 92.8 Å². The third kappa shape index (κ3) is 3.41. The predicted octanol–water partition coefficient (Wildman–Crippen LogP) is 2.19. The number of rotatable bonds is 5. The lowest BCUT2D eigenvalue weighted by atomic mass is 10.1. The van der Waals surface area contributed by atoms with Gasteiger partial charge in [-0.15, -0.1) is 0 Å². The van der Waals surface area contributed by atoms with Crippen molar-refractivity contribution in [2.75, 3.05) is 0 Å². The second kappa shape index (κ2) is 6.89. The Morgan fingerprint density at radius 3 is 2.08 bits per heavy atom. The third-order valence-electron chi connectivity index (χ3n) is 4.27. The molecule has 1 aromatic carbocycles. The van der Waals surface area contributed by atoms with Crippen LogP contribution in [0.1, 0.15) is 47.4 Å². The molecule has 2 atom stereocenters. The van der Waals surface area contributed by atoms with Crippen molar-refractivity contribution >= 4 is 46.9 Å². The molecule has 1 fully saturated rings. The first kappa shape index (κ1) is 18.7. The molecular weight excluding hydrogens is 383 g/mol. The van der Waals surface area contributed by atoms with Gasteiger partial charge in [-0.2, -0.15) is 0 Å². The number of hydrogen-bond acceptors (Lipinski definition) is 5. The van der Waals surface area contributed by atoms with Crippen molar-refractivity contribution in [3.8, 4) is 0 Å². The van der Waals surface area contributed by atoms with Gasteiger partial charge in [0, 0.05) is 6.04 Å². The minimum Gasteiger partial charge on any atom is -0.451 e. The lowest BCUT2D eigenvalue weighted by Gasteiger charge is -2.22. The number of hydrogen-bond donors (Lipinski definition) is 1. The molecule has 1 aromatic rings. The largest absolute Gasteiger partial charge is 0.451 e. The van der Waals surface area contributed by atoms with Crippen LogP contribution in [0.3, 0.4) is 0 Å². The van der Waals surface area contributed by atoms with Gasteiger partial charge in [0.15, 0.2) is 6.10 Å². The van der Waals surface area contributed by atoms with Gasteiger partial charge in [0.25, 0.3) is 17.7 Å². The number of ether oxygens (including phenoxy) is 1. The van der Waals surface area contributed by atoms with Gasteiger partial charge in [0.2, 0.25) is 0 Å². The van der Waals surface area contributed by atoms with Gasteiger partial charge < -0.3 is 10.1 Å². The fourth-order valence-electron chi connectivity index (χ4n) is 2.58. The molecule has 3 amide bonds. The maximum atomic E-state index is 12.5. The molecule has 26 heavy (non-hydrogen) atoms. The number of fused-ring (bicyclic) bond motifs is 1. The number of nitrogens with one attached hydrogen (secondary N) is 1. The third-order valence-corrected chi connectivity index (χ3v) is 5.00. The molecule has 138 valence electrons. The summed E-state index contributed by atoms with van der Waals surface area (Å²) in [5, 5.41) is 2.99. The molecule has 1 heterocycles. The number of amides is 3. The zero-order valence-electron chi connectivity index (χ0n) is 14.0. The highest BCUT2D eigenvalue weighted by Gasteiger charge is 2.42. The Morgan fingerprint density at radius 1 is 1.12 bits per heavy atom. The van der Waals surface area contributed by atoms with E-state index in [4.69, 9.17) is 27.9 Å². The SMILES string of the molecule is C[C@H](OC(=O)[C@H](C)N1C(=O)c2cc(Cl)c(Cl)cc2C1=O)C(=O)NC1CC1. The van der Waals surface area contributed by atoms with Crippen LogP contribution in [-0.4, -0.2) is 46.8 Å². The zero-order valence-corrected chi connectivity index (χ0v) is 15.6. The molecule has 2 aliphatic rings. The molecule has 1 aliphatic carbocycles.